The second-order valence-electron chi connectivity index (χ2n) is 4.20. The third kappa shape index (κ3) is 2.56. The summed E-state index contributed by atoms with van der Waals surface area (Å²) in [7, 11) is -3.28. The lowest BCUT2D eigenvalue weighted by molar-refractivity contribution is 0.462. The van der Waals surface area contributed by atoms with Gasteiger partial charge in [0, 0.05) is 6.07 Å². The molecule has 2 aromatic rings. The zero-order valence-corrected chi connectivity index (χ0v) is 11.1. The third-order valence-electron chi connectivity index (χ3n) is 2.53. The molecule has 0 aliphatic carbocycles. The fourth-order valence-corrected chi connectivity index (χ4v) is 2.46. The Kier molecular flexibility index (Phi) is 3.43. The van der Waals surface area contributed by atoms with E-state index in [1.165, 1.54) is 6.07 Å². The zero-order chi connectivity index (χ0) is 13.2. The number of sulfone groups is 1. The summed E-state index contributed by atoms with van der Waals surface area (Å²) in [4.78, 5) is 2.77. The lowest BCUT2D eigenvalue weighted by Gasteiger charge is -2.05. The van der Waals surface area contributed by atoms with Crippen LogP contribution in [-0.4, -0.2) is 18.7 Å². The van der Waals surface area contributed by atoms with Crippen LogP contribution in [0.4, 0.5) is 0 Å². The van der Waals surface area contributed by atoms with E-state index in [1.807, 2.05) is 18.2 Å². The van der Waals surface area contributed by atoms with Crippen LogP contribution in [0, 0.1) is 0 Å². The summed E-state index contributed by atoms with van der Waals surface area (Å²) in [5.74, 6) is 1.08. The van der Waals surface area contributed by atoms with Crippen molar-refractivity contribution in [3.05, 3.63) is 42.5 Å². The Hall–Kier alpha value is -1.75. The number of para-hydroxylation sites is 1. The fraction of sp³-hybridized carbons (Fsp3) is 0.231. The maximum absolute atomic E-state index is 11.9. The van der Waals surface area contributed by atoms with Crippen LogP contribution in [0.1, 0.15) is 13.8 Å². The Morgan fingerprint density at radius 2 is 1.72 bits per heavy atom. The van der Waals surface area contributed by atoms with Crippen molar-refractivity contribution in [3.63, 3.8) is 0 Å². The number of benzene rings is 1. The number of ether oxygens (including phenoxy) is 1. The maximum atomic E-state index is 11.9. The van der Waals surface area contributed by atoms with Gasteiger partial charge in [0.05, 0.1) is 5.25 Å². The van der Waals surface area contributed by atoms with E-state index >= 15 is 0 Å². The van der Waals surface area contributed by atoms with Crippen molar-refractivity contribution in [2.24, 2.45) is 0 Å². The Morgan fingerprint density at radius 3 is 2.33 bits per heavy atom. The van der Waals surface area contributed by atoms with Gasteiger partial charge in [-0.3, -0.25) is 0 Å². The first-order chi connectivity index (χ1) is 8.50. The van der Waals surface area contributed by atoms with Gasteiger partial charge < -0.3 is 9.72 Å². The number of rotatable bonds is 4. The molecule has 0 fully saturated rings. The van der Waals surface area contributed by atoms with Gasteiger partial charge in [-0.1, -0.05) is 18.2 Å². The summed E-state index contributed by atoms with van der Waals surface area (Å²) in [6.07, 6.45) is 0. The molecule has 4 nitrogen and oxygen atoms in total. The lowest BCUT2D eigenvalue weighted by Crippen LogP contribution is -2.14. The summed E-state index contributed by atoms with van der Waals surface area (Å²) in [5, 5.41) is -0.274. The van der Waals surface area contributed by atoms with Crippen LogP contribution in [0.3, 0.4) is 0 Å². The first-order valence-corrected chi connectivity index (χ1v) is 7.20. The van der Waals surface area contributed by atoms with Crippen molar-refractivity contribution in [2.45, 2.75) is 24.1 Å². The summed E-state index contributed by atoms with van der Waals surface area (Å²) >= 11 is 0. The number of hydrogen-bond acceptors (Lipinski definition) is 3. The van der Waals surface area contributed by atoms with Gasteiger partial charge in [-0.25, -0.2) is 8.42 Å². The van der Waals surface area contributed by atoms with Crippen LogP contribution in [0.25, 0.3) is 0 Å². The zero-order valence-electron chi connectivity index (χ0n) is 10.3. The van der Waals surface area contributed by atoms with Gasteiger partial charge in [-0.15, -0.1) is 0 Å². The third-order valence-corrected chi connectivity index (χ3v) is 4.62. The monoisotopic (exact) mass is 265 g/mol. The van der Waals surface area contributed by atoms with Crippen molar-refractivity contribution < 1.29 is 13.2 Å². The molecule has 1 heterocycles. The second-order valence-corrected chi connectivity index (χ2v) is 6.67. The molecule has 2 rings (SSSR count). The van der Waals surface area contributed by atoms with Gasteiger partial charge in [0.1, 0.15) is 10.8 Å². The minimum Gasteiger partial charge on any atom is -0.441 e. The molecule has 0 radical (unpaired) electrons. The van der Waals surface area contributed by atoms with Gasteiger partial charge in [0.25, 0.3) is 0 Å². The second kappa shape index (κ2) is 4.86. The molecule has 0 atom stereocenters. The molecule has 0 unspecified atom stereocenters. The molecule has 1 aromatic carbocycles. The molecule has 18 heavy (non-hydrogen) atoms. The summed E-state index contributed by atoms with van der Waals surface area (Å²) in [6.45, 7) is 3.29. The smallest absolute Gasteiger partial charge is 0.198 e. The Labute approximate surface area is 107 Å². The molecule has 1 aromatic heterocycles. The SMILES string of the molecule is CC(C)S(=O)(=O)c1ccc(Oc2ccccc2)[nH]1. The quantitative estimate of drug-likeness (QED) is 0.924. The lowest BCUT2D eigenvalue weighted by atomic mass is 10.3. The van der Waals surface area contributed by atoms with E-state index in [0.29, 0.717) is 11.6 Å². The average molecular weight is 265 g/mol. The summed E-state index contributed by atoms with van der Waals surface area (Å²) < 4.78 is 29.3. The van der Waals surface area contributed by atoms with Crippen LogP contribution in [0.5, 0.6) is 11.6 Å². The number of hydrogen-bond donors (Lipinski definition) is 1. The summed E-state index contributed by atoms with van der Waals surface area (Å²) in [5.41, 5.74) is 0. The van der Waals surface area contributed by atoms with E-state index < -0.39 is 15.1 Å². The highest BCUT2D eigenvalue weighted by Crippen LogP contribution is 2.23. The van der Waals surface area contributed by atoms with Crippen LogP contribution >= 0.6 is 0 Å². The van der Waals surface area contributed by atoms with E-state index in [4.69, 9.17) is 4.74 Å². The molecule has 0 saturated heterocycles. The molecule has 0 amide bonds. The number of aromatic amines is 1. The van der Waals surface area contributed by atoms with Crippen molar-refractivity contribution in [1.29, 1.82) is 0 Å². The standard InChI is InChI=1S/C13H15NO3S/c1-10(2)18(15,16)13-9-8-12(14-13)17-11-6-4-3-5-7-11/h3-10,14H,1-2H3. The van der Waals surface area contributed by atoms with Gasteiger partial charge in [-0.05, 0) is 32.0 Å². The highest BCUT2D eigenvalue weighted by atomic mass is 32.2. The summed E-state index contributed by atoms with van der Waals surface area (Å²) in [6, 6.07) is 12.3. The maximum Gasteiger partial charge on any atom is 0.198 e. The van der Waals surface area contributed by atoms with Gasteiger partial charge in [0.2, 0.25) is 0 Å². The molecular formula is C13H15NO3S. The normalized spacial score (nSPS) is 11.7. The van der Waals surface area contributed by atoms with Gasteiger partial charge in [0.15, 0.2) is 15.7 Å². The molecule has 96 valence electrons. The Bertz CT molecular complexity index is 615. The number of nitrogens with one attached hydrogen (secondary N) is 1. The molecular weight excluding hydrogens is 250 g/mol. The van der Waals surface area contributed by atoms with Crippen LogP contribution in [0.15, 0.2) is 47.5 Å². The van der Waals surface area contributed by atoms with Crippen molar-refractivity contribution in [1.82, 2.24) is 4.98 Å². The first kappa shape index (κ1) is 12.7. The molecule has 1 N–H and O–H groups in total. The largest absolute Gasteiger partial charge is 0.441 e. The molecule has 0 aliphatic rings. The molecule has 0 spiro atoms. The van der Waals surface area contributed by atoms with Crippen molar-refractivity contribution >= 4 is 9.84 Å². The van der Waals surface area contributed by atoms with E-state index in [-0.39, 0.29) is 5.03 Å². The molecule has 5 heteroatoms. The average Bonchev–Trinajstić information content (AvgIpc) is 2.79. The molecule has 0 bridgehead atoms. The number of aromatic nitrogens is 1. The van der Waals surface area contributed by atoms with Crippen LogP contribution in [0.2, 0.25) is 0 Å². The fourth-order valence-electron chi connectivity index (χ4n) is 1.45. The van der Waals surface area contributed by atoms with Crippen molar-refractivity contribution in [2.75, 3.05) is 0 Å². The van der Waals surface area contributed by atoms with E-state index in [9.17, 15) is 8.42 Å². The number of H-pyrrole nitrogens is 1. The molecule has 0 aliphatic heterocycles. The Morgan fingerprint density at radius 1 is 1.06 bits per heavy atom. The minimum absolute atomic E-state index is 0.184. The Balaban J connectivity index is 2.22. The van der Waals surface area contributed by atoms with Crippen LogP contribution < -0.4 is 4.74 Å². The topological polar surface area (TPSA) is 59.2 Å². The van der Waals surface area contributed by atoms with Gasteiger partial charge >= 0.3 is 0 Å². The highest BCUT2D eigenvalue weighted by Gasteiger charge is 2.21. The first-order valence-electron chi connectivity index (χ1n) is 5.66. The van der Waals surface area contributed by atoms with Crippen molar-refractivity contribution in [3.8, 4) is 11.6 Å². The highest BCUT2D eigenvalue weighted by molar-refractivity contribution is 7.91. The van der Waals surface area contributed by atoms with E-state index in [1.54, 1.807) is 32.0 Å². The van der Waals surface area contributed by atoms with E-state index in [0.717, 1.165) is 0 Å². The predicted octanol–water partition coefficient (Wildman–Crippen LogP) is 2.99. The van der Waals surface area contributed by atoms with Gasteiger partial charge in [-0.2, -0.15) is 0 Å². The molecule has 0 saturated carbocycles. The predicted molar refractivity (Wildman–Crippen MR) is 69.6 cm³/mol. The van der Waals surface area contributed by atoms with E-state index in [2.05, 4.69) is 4.98 Å². The minimum atomic E-state index is -3.28. The van der Waals surface area contributed by atoms with Crippen LogP contribution in [-0.2, 0) is 9.84 Å².